The third-order valence-electron chi connectivity index (χ3n) is 4.23. The molecule has 1 aromatic heterocycles. The van der Waals surface area contributed by atoms with Crippen LogP contribution in [0, 0.1) is 6.92 Å². The lowest BCUT2D eigenvalue weighted by Gasteiger charge is -2.11. The van der Waals surface area contributed by atoms with Crippen molar-refractivity contribution >= 4 is 0 Å². The van der Waals surface area contributed by atoms with Gasteiger partial charge in [-0.05, 0) is 37.1 Å². The largest absolute Gasteiger partial charge is 0.493 e. The van der Waals surface area contributed by atoms with Gasteiger partial charge >= 0.3 is 0 Å². The summed E-state index contributed by atoms with van der Waals surface area (Å²) in [4.78, 5) is 0. The Morgan fingerprint density at radius 3 is 2.58 bits per heavy atom. The number of nitrogens with one attached hydrogen (secondary N) is 2. The van der Waals surface area contributed by atoms with Crippen molar-refractivity contribution in [1.82, 2.24) is 15.5 Å². The summed E-state index contributed by atoms with van der Waals surface area (Å²) in [5, 5.41) is 10.8. The first-order chi connectivity index (χ1) is 12.7. The summed E-state index contributed by atoms with van der Waals surface area (Å²) in [7, 11) is 1.66. The molecule has 0 amide bonds. The molecule has 0 bridgehead atoms. The van der Waals surface area contributed by atoms with Gasteiger partial charge in [0.25, 0.3) is 0 Å². The van der Waals surface area contributed by atoms with Gasteiger partial charge in [-0.1, -0.05) is 35.9 Å². The Hall–Kier alpha value is -2.79. The Labute approximate surface area is 154 Å². The van der Waals surface area contributed by atoms with Gasteiger partial charge in [0, 0.05) is 18.7 Å². The third kappa shape index (κ3) is 4.24. The zero-order valence-electron chi connectivity index (χ0n) is 15.5. The van der Waals surface area contributed by atoms with Gasteiger partial charge in [0.15, 0.2) is 11.5 Å². The summed E-state index contributed by atoms with van der Waals surface area (Å²) in [5.74, 6) is 1.53. The number of H-pyrrole nitrogens is 1. The van der Waals surface area contributed by atoms with Gasteiger partial charge < -0.3 is 14.8 Å². The van der Waals surface area contributed by atoms with Crippen LogP contribution in [0.3, 0.4) is 0 Å². The fourth-order valence-corrected chi connectivity index (χ4v) is 2.85. The summed E-state index contributed by atoms with van der Waals surface area (Å²) >= 11 is 0. The molecule has 0 saturated heterocycles. The topological polar surface area (TPSA) is 59.2 Å². The van der Waals surface area contributed by atoms with Gasteiger partial charge in [0.05, 0.1) is 25.6 Å². The Bertz CT molecular complexity index is 841. The molecule has 136 valence electrons. The van der Waals surface area contributed by atoms with Gasteiger partial charge in [-0.2, -0.15) is 5.10 Å². The zero-order chi connectivity index (χ0) is 18.4. The molecule has 0 unspecified atom stereocenters. The molecule has 3 aromatic rings. The summed E-state index contributed by atoms with van der Waals surface area (Å²) < 4.78 is 11.0. The Balaban J connectivity index is 1.64. The van der Waals surface area contributed by atoms with Crippen molar-refractivity contribution in [3.05, 3.63) is 65.4 Å². The maximum Gasteiger partial charge on any atom is 0.161 e. The van der Waals surface area contributed by atoms with Crippen LogP contribution < -0.4 is 14.8 Å². The molecule has 0 saturated carbocycles. The van der Waals surface area contributed by atoms with E-state index in [1.165, 1.54) is 5.56 Å². The SMILES string of the molecule is CCOc1ccc(CNCc2cn[nH]c2-c2ccc(C)cc2)cc1OC. The van der Waals surface area contributed by atoms with Crippen LogP contribution in [0.4, 0.5) is 0 Å². The Morgan fingerprint density at radius 1 is 1.04 bits per heavy atom. The van der Waals surface area contributed by atoms with Crippen molar-refractivity contribution in [1.29, 1.82) is 0 Å². The van der Waals surface area contributed by atoms with E-state index in [0.29, 0.717) is 6.61 Å². The first-order valence-electron chi connectivity index (χ1n) is 8.81. The van der Waals surface area contributed by atoms with Gasteiger partial charge in [0.2, 0.25) is 0 Å². The predicted molar refractivity (Wildman–Crippen MR) is 103 cm³/mol. The maximum atomic E-state index is 5.56. The number of aryl methyl sites for hydroxylation is 1. The minimum atomic E-state index is 0.621. The molecule has 2 aromatic carbocycles. The quantitative estimate of drug-likeness (QED) is 0.642. The molecule has 0 spiro atoms. The van der Waals surface area contributed by atoms with E-state index in [1.54, 1.807) is 7.11 Å². The zero-order valence-corrected chi connectivity index (χ0v) is 15.5. The summed E-state index contributed by atoms with van der Waals surface area (Å²) in [6.45, 7) is 6.14. The minimum Gasteiger partial charge on any atom is -0.493 e. The highest BCUT2D eigenvalue weighted by molar-refractivity contribution is 5.62. The average Bonchev–Trinajstić information content (AvgIpc) is 3.12. The lowest BCUT2D eigenvalue weighted by molar-refractivity contribution is 0.310. The fourth-order valence-electron chi connectivity index (χ4n) is 2.85. The van der Waals surface area contributed by atoms with Crippen molar-refractivity contribution in [2.24, 2.45) is 0 Å². The van der Waals surface area contributed by atoms with E-state index in [4.69, 9.17) is 9.47 Å². The number of aromatic amines is 1. The normalized spacial score (nSPS) is 10.7. The average molecular weight is 351 g/mol. The Kier molecular flexibility index (Phi) is 5.92. The molecule has 3 rings (SSSR count). The van der Waals surface area contributed by atoms with Crippen molar-refractivity contribution in [2.75, 3.05) is 13.7 Å². The monoisotopic (exact) mass is 351 g/mol. The second kappa shape index (κ2) is 8.54. The first-order valence-corrected chi connectivity index (χ1v) is 8.81. The molecule has 5 nitrogen and oxygen atoms in total. The predicted octanol–water partition coefficient (Wildman–Crippen LogP) is 4.08. The molecule has 0 atom stereocenters. The van der Waals surface area contributed by atoms with E-state index in [-0.39, 0.29) is 0 Å². The number of aromatic nitrogens is 2. The van der Waals surface area contributed by atoms with Crippen LogP contribution in [-0.4, -0.2) is 23.9 Å². The molecule has 0 aliphatic heterocycles. The van der Waals surface area contributed by atoms with Crippen LogP contribution in [-0.2, 0) is 13.1 Å². The van der Waals surface area contributed by atoms with E-state index in [1.807, 2.05) is 25.3 Å². The molecular formula is C21H25N3O2. The number of benzene rings is 2. The van der Waals surface area contributed by atoms with Crippen molar-refractivity contribution < 1.29 is 9.47 Å². The van der Waals surface area contributed by atoms with E-state index >= 15 is 0 Å². The summed E-state index contributed by atoms with van der Waals surface area (Å²) in [5.41, 5.74) is 5.74. The van der Waals surface area contributed by atoms with E-state index in [9.17, 15) is 0 Å². The highest BCUT2D eigenvalue weighted by atomic mass is 16.5. The van der Waals surface area contributed by atoms with Crippen LogP contribution in [0.5, 0.6) is 11.5 Å². The second-order valence-electron chi connectivity index (χ2n) is 6.16. The van der Waals surface area contributed by atoms with Gasteiger partial charge in [-0.15, -0.1) is 0 Å². The Morgan fingerprint density at radius 2 is 1.85 bits per heavy atom. The molecule has 0 aliphatic rings. The standard InChI is InChI=1S/C21H25N3O2/c1-4-26-19-10-7-16(11-20(19)25-3)12-22-13-18-14-23-24-21(18)17-8-5-15(2)6-9-17/h5-11,14,22H,4,12-13H2,1-3H3,(H,23,24). The number of ether oxygens (including phenoxy) is 2. The molecule has 1 heterocycles. The minimum absolute atomic E-state index is 0.621. The van der Waals surface area contributed by atoms with Gasteiger partial charge in [-0.3, -0.25) is 5.10 Å². The van der Waals surface area contributed by atoms with Crippen LogP contribution in [0.25, 0.3) is 11.3 Å². The highest BCUT2D eigenvalue weighted by Gasteiger charge is 2.08. The number of rotatable bonds is 8. The highest BCUT2D eigenvalue weighted by Crippen LogP contribution is 2.28. The number of nitrogens with zero attached hydrogens (tertiary/aromatic N) is 1. The molecule has 26 heavy (non-hydrogen) atoms. The van der Waals surface area contributed by atoms with Gasteiger partial charge in [-0.25, -0.2) is 0 Å². The number of hydrogen-bond donors (Lipinski definition) is 2. The molecule has 0 radical (unpaired) electrons. The molecule has 0 fully saturated rings. The smallest absolute Gasteiger partial charge is 0.161 e. The lowest BCUT2D eigenvalue weighted by Crippen LogP contribution is -2.13. The lowest BCUT2D eigenvalue weighted by atomic mass is 10.1. The second-order valence-corrected chi connectivity index (χ2v) is 6.16. The first kappa shape index (κ1) is 18.0. The third-order valence-corrected chi connectivity index (χ3v) is 4.23. The van der Waals surface area contributed by atoms with Crippen LogP contribution >= 0.6 is 0 Å². The van der Waals surface area contributed by atoms with E-state index in [0.717, 1.165) is 47.0 Å². The van der Waals surface area contributed by atoms with Crippen LogP contribution in [0.15, 0.2) is 48.7 Å². The van der Waals surface area contributed by atoms with Crippen LogP contribution in [0.1, 0.15) is 23.6 Å². The molecule has 0 aliphatic carbocycles. The molecule has 2 N–H and O–H groups in total. The fraction of sp³-hybridized carbons (Fsp3) is 0.286. The maximum absolute atomic E-state index is 5.56. The summed E-state index contributed by atoms with van der Waals surface area (Å²) in [6.07, 6.45) is 1.88. The van der Waals surface area contributed by atoms with Crippen molar-refractivity contribution in [3.8, 4) is 22.8 Å². The van der Waals surface area contributed by atoms with Crippen molar-refractivity contribution in [3.63, 3.8) is 0 Å². The van der Waals surface area contributed by atoms with Gasteiger partial charge in [0.1, 0.15) is 0 Å². The van der Waals surface area contributed by atoms with E-state index in [2.05, 4.69) is 52.8 Å². The van der Waals surface area contributed by atoms with E-state index < -0.39 is 0 Å². The molecule has 5 heteroatoms. The number of methoxy groups -OCH3 is 1. The van der Waals surface area contributed by atoms with Crippen molar-refractivity contribution in [2.45, 2.75) is 26.9 Å². The number of hydrogen-bond acceptors (Lipinski definition) is 4. The summed E-state index contributed by atoms with van der Waals surface area (Å²) in [6, 6.07) is 14.5. The van der Waals surface area contributed by atoms with Crippen LogP contribution in [0.2, 0.25) is 0 Å². The molecular weight excluding hydrogens is 326 g/mol.